The van der Waals surface area contributed by atoms with Crippen molar-refractivity contribution in [2.45, 2.75) is 19.0 Å². The molecule has 2 aliphatic heterocycles. The lowest BCUT2D eigenvalue weighted by Crippen LogP contribution is -2.50. The molecule has 1 aromatic carbocycles. The van der Waals surface area contributed by atoms with Crippen LogP contribution in [-0.2, 0) is 0 Å². The zero-order valence-electron chi connectivity index (χ0n) is 11.3. The maximum atomic E-state index is 6.40. The quantitative estimate of drug-likeness (QED) is 0.841. The first-order valence-electron chi connectivity index (χ1n) is 6.85. The van der Waals surface area contributed by atoms with Crippen LogP contribution >= 0.6 is 0 Å². The van der Waals surface area contributed by atoms with Gasteiger partial charge < -0.3 is 20.5 Å². The number of fused-ring (bicyclic) bond motifs is 1. The van der Waals surface area contributed by atoms with Crippen molar-refractivity contribution < 1.29 is 9.47 Å². The second kappa shape index (κ2) is 5.36. The van der Waals surface area contributed by atoms with Gasteiger partial charge in [0.25, 0.3) is 0 Å². The third-order valence-electron chi connectivity index (χ3n) is 4.03. The van der Waals surface area contributed by atoms with E-state index in [9.17, 15) is 0 Å². The van der Waals surface area contributed by atoms with Gasteiger partial charge in [0, 0.05) is 38.3 Å². The molecule has 0 bridgehead atoms. The molecule has 0 amide bonds. The van der Waals surface area contributed by atoms with Crippen LogP contribution in [0.2, 0.25) is 0 Å². The maximum absolute atomic E-state index is 6.40. The molecule has 0 spiro atoms. The third-order valence-corrected chi connectivity index (χ3v) is 4.03. The Labute approximate surface area is 113 Å². The minimum Gasteiger partial charge on any atom is -0.454 e. The average Bonchev–Trinajstić information content (AvgIpc) is 2.94. The largest absolute Gasteiger partial charge is 0.454 e. The number of nitrogens with zero attached hydrogens (tertiary/aromatic N) is 1. The summed E-state index contributed by atoms with van der Waals surface area (Å²) in [5.74, 6) is 1.62. The van der Waals surface area contributed by atoms with E-state index in [4.69, 9.17) is 15.2 Å². The fourth-order valence-electron chi connectivity index (χ4n) is 2.72. The molecule has 0 saturated carbocycles. The van der Waals surface area contributed by atoms with E-state index in [1.54, 1.807) is 0 Å². The van der Waals surface area contributed by atoms with Crippen LogP contribution in [-0.4, -0.2) is 43.9 Å². The van der Waals surface area contributed by atoms with Gasteiger partial charge in [0.05, 0.1) is 0 Å². The van der Waals surface area contributed by atoms with Gasteiger partial charge in [0.1, 0.15) is 0 Å². The van der Waals surface area contributed by atoms with Crippen LogP contribution in [0.15, 0.2) is 18.2 Å². The molecule has 0 aromatic heterocycles. The summed E-state index contributed by atoms with van der Waals surface area (Å²) in [6, 6.07) is 6.31. The number of nitrogens with one attached hydrogen (secondary N) is 1. The highest BCUT2D eigenvalue weighted by Gasteiger charge is 2.24. The molecule has 19 heavy (non-hydrogen) atoms. The summed E-state index contributed by atoms with van der Waals surface area (Å²) >= 11 is 0. The Balaban J connectivity index is 1.73. The Bertz CT molecular complexity index is 446. The van der Waals surface area contributed by atoms with E-state index in [1.165, 1.54) is 0 Å². The zero-order valence-corrected chi connectivity index (χ0v) is 11.3. The highest BCUT2D eigenvalue weighted by Crippen LogP contribution is 2.34. The normalized spacial score (nSPS) is 22.2. The number of rotatable bonds is 3. The summed E-state index contributed by atoms with van der Waals surface area (Å²) in [6.07, 6.45) is 0. The van der Waals surface area contributed by atoms with Crippen molar-refractivity contribution in [2.24, 2.45) is 5.73 Å². The smallest absolute Gasteiger partial charge is 0.231 e. The maximum Gasteiger partial charge on any atom is 0.231 e. The van der Waals surface area contributed by atoms with Crippen LogP contribution in [0.1, 0.15) is 18.5 Å². The van der Waals surface area contributed by atoms with Crippen molar-refractivity contribution in [1.82, 2.24) is 10.2 Å². The molecule has 1 saturated heterocycles. The van der Waals surface area contributed by atoms with Crippen LogP contribution in [0.25, 0.3) is 0 Å². The van der Waals surface area contributed by atoms with E-state index in [0.717, 1.165) is 43.2 Å². The lowest BCUT2D eigenvalue weighted by Gasteiger charge is -2.36. The van der Waals surface area contributed by atoms with Crippen molar-refractivity contribution in [3.8, 4) is 11.5 Å². The molecule has 2 aliphatic rings. The molecule has 1 aromatic rings. The topological polar surface area (TPSA) is 59.8 Å². The number of hydrogen-bond donors (Lipinski definition) is 2. The van der Waals surface area contributed by atoms with E-state index < -0.39 is 0 Å². The molecular formula is C14H21N3O2. The van der Waals surface area contributed by atoms with Gasteiger partial charge in [-0.05, 0) is 24.6 Å². The molecule has 3 rings (SSSR count). The minimum atomic E-state index is -0.00685. The number of hydrogen-bond acceptors (Lipinski definition) is 5. The first-order valence-corrected chi connectivity index (χ1v) is 6.85. The summed E-state index contributed by atoms with van der Waals surface area (Å²) in [5.41, 5.74) is 7.51. The first-order chi connectivity index (χ1) is 9.25. The monoisotopic (exact) mass is 263 g/mol. The molecule has 0 radical (unpaired) electrons. The first kappa shape index (κ1) is 12.7. The third kappa shape index (κ3) is 2.54. The Hall–Kier alpha value is -1.30. The second-order valence-corrected chi connectivity index (χ2v) is 5.17. The molecule has 2 unspecified atom stereocenters. The van der Waals surface area contributed by atoms with Gasteiger partial charge in [-0.2, -0.15) is 0 Å². The number of nitrogens with two attached hydrogens (primary N) is 1. The van der Waals surface area contributed by atoms with Gasteiger partial charge >= 0.3 is 0 Å². The molecule has 1 fully saturated rings. The lowest BCUT2D eigenvalue weighted by atomic mass is 9.99. The fraction of sp³-hybridized carbons (Fsp3) is 0.571. The van der Waals surface area contributed by atoms with Crippen molar-refractivity contribution in [3.63, 3.8) is 0 Å². The molecular weight excluding hydrogens is 242 g/mol. The predicted molar refractivity (Wildman–Crippen MR) is 73.4 cm³/mol. The van der Waals surface area contributed by atoms with Gasteiger partial charge in [-0.3, -0.25) is 4.90 Å². The highest BCUT2D eigenvalue weighted by molar-refractivity contribution is 5.45. The van der Waals surface area contributed by atoms with Gasteiger partial charge in [0.2, 0.25) is 6.79 Å². The standard InChI is InChI=1S/C14H21N3O2/c1-10(17-6-4-16-5-7-17)14(15)11-2-3-12-13(8-11)19-9-18-12/h2-3,8,10,14,16H,4-7,9,15H2,1H3. The van der Waals surface area contributed by atoms with Crippen molar-refractivity contribution in [1.29, 1.82) is 0 Å². The number of ether oxygens (including phenoxy) is 2. The van der Waals surface area contributed by atoms with Gasteiger partial charge in [-0.1, -0.05) is 6.07 Å². The lowest BCUT2D eigenvalue weighted by molar-refractivity contribution is 0.163. The van der Waals surface area contributed by atoms with Gasteiger partial charge in [0.15, 0.2) is 11.5 Å². The van der Waals surface area contributed by atoms with Crippen LogP contribution < -0.4 is 20.5 Å². The molecule has 104 valence electrons. The molecule has 5 nitrogen and oxygen atoms in total. The minimum absolute atomic E-state index is 0.00685. The second-order valence-electron chi connectivity index (χ2n) is 5.17. The Morgan fingerprint density at radius 2 is 1.95 bits per heavy atom. The summed E-state index contributed by atoms with van der Waals surface area (Å²) in [7, 11) is 0. The van der Waals surface area contributed by atoms with E-state index in [2.05, 4.69) is 17.1 Å². The highest BCUT2D eigenvalue weighted by atomic mass is 16.7. The van der Waals surface area contributed by atoms with Crippen molar-refractivity contribution >= 4 is 0 Å². The number of benzene rings is 1. The van der Waals surface area contributed by atoms with Crippen LogP contribution in [0.4, 0.5) is 0 Å². The van der Waals surface area contributed by atoms with Crippen LogP contribution in [0, 0.1) is 0 Å². The Kier molecular flexibility index (Phi) is 3.59. The summed E-state index contributed by atoms with van der Waals surface area (Å²) in [5, 5.41) is 3.36. The fourth-order valence-corrected chi connectivity index (χ4v) is 2.72. The van der Waals surface area contributed by atoms with Gasteiger partial charge in [-0.25, -0.2) is 0 Å². The molecule has 5 heteroatoms. The van der Waals surface area contributed by atoms with Crippen molar-refractivity contribution in [2.75, 3.05) is 33.0 Å². The average molecular weight is 263 g/mol. The van der Waals surface area contributed by atoms with E-state index in [1.807, 2.05) is 18.2 Å². The van der Waals surface area contributed by atoms with Gasteiger partial charge in [-0.15, -0.1) is 0 Å². The SMILES string of the molecule is CC(C(N)c1ccc2c(c1)OCO2)N1CCNCC1. The summed E-state index contributed by atoms with van der Waals surface area (Å²) in [6.45, 7) is 6.69. The van der Waals surface area contributed by atoms with Crippen LogP contribution in [0.3, 0.4) is 0 Å². The van der Waals surface area contributed by atoms with E-state index in [0.29, 0.717) is 12.8 Å². The predicted octanol–water partition coefficient (Wildman–Crippen LogP) is 0.709. The Morgan fingerprint density at radius 1 is 1.21 bits per heavy atom. The molecule has 2 atom stereocenters. The Morgan fingerprint density at radius 3 is 2.74 bits per heavy atom. The van der Waals surface area contributed by atoms with Crippen molar-refractivity contribution in [3.05, 3.63) is 23.8 Å². The number of piperazine rings is 1. The van der Waals surface area contributed by atoms with E-state index in [-0.39, 0.29) is 6.04 Å². The zero-order chi connectivity index (χ0) is 13.2. The summed E-state index contributed by atoms with van der Waals surface area (Å²) < 4.78 is 10.7. The summed E-state index contributed by atoms with van der Waals surface area (Å²) in [4.78, 5) is 2.44. The molecule has 2 heterocycles. The van der Waals surface area contributed by atoms with E-state index >= 15 is 0 Å². The van der Waals surface area contributed by atoms with Crippen LogP contribution in [0.5, 0.6) is 11.5 Å². The molecule has 3 N–H and O–H groups in total. The molecule has 0 aliphatic carbocycles.